The SMILES string of the molecule is Cc1cc(C(=O)Nc2ccc(Cl)cc2Br)ccc1Br. The van der Waals surface area contributed by atoms with Gasteiger partial charge in [0.2, 0.25) is 0 Å². The van der Waals surface area contributed by atoms with E-state index in [1.54, 1.807) is 24.3 Å². The zero-order chi connectivity index (χ0) is 14.0. The fourth-order valence-electron chi connectivity index (χ4n) is 1.57. The summed E-state index contributed by atoms with van der Waals surface area (Å²) in [6, 6.07) is 10.7. The summed E-state index contributed by atoms with van der Waals surface area (Å²) in [7, 11) is 0. The van der Waals surface area contributed by atoms with E-state index in [2.05, 4.69) is 37.2 Å². The van der Waals surface area contributed by atoms with Crippen LogP contribution in [-0.4, -0.2) is 5.91 Å². The molecule has 2 rings (SSSR count). The molecule has 0 aliphatic heterocycles. The number of anilines is 1. The van der Waals surface area contributed by atoms with Gasteiger partial charge in [0.25, 0.3) is 5.91 Å². The first kappa shape index (κ1) is 14.6. The lowest BCUT2D eigenvalue weighted by atomic mass is 10.1. The first-order valence-corrected chi connectivity index (χ1v) is 7.46. The van der Waals surface area contributed by atoms with Gasteiger partial charge in [-0.05, 0) is 64.8 Å². The van der Waals surface area contributed by atoms with Crippen molar-refractivity contribution in [3.05, 3.63) is 61.5 Å². The van der Waals surface area contributed by atoms with Crippen LogP contribution in [0.1, 0.15) is 15.9 Å². The topological polar surface area (TPSA) is 29.1 Å². The van der Waals surface area contributed by atoms with Crippen LogP contribution in [0.2, 0.25) is 5.02 Å². The molecule has 0 atom stereocenters. The first-order chi connectivity index (χ1) is 8.97. The minimum atomic E-state index is -0.154. The number of amides is 1. The molecule has 2 nitrogen and oxygen atoms in total. The summed E-state index contributed by atoms with van der Waals surface area (Å²) in [5, 5.41) is 3.46. The van der Waals surface area contributed by atoms with Gasteiger partial charge in [-0.2, -0.15) is 0 Å². The molecule has 98 valence electrons. The van der Waals surface area contributed by atoms with E-state index in [9.17, 15) is 4.79 Å². The van der Waals surface area contributed by atoms with E-state index in [0.29, 0.717) is 16.3 Å². The van der Waals surface area contributed by atoms with Crippen LogP contribution in [0, 0.1) is 6.92 Å². The van der Waals surface area contributed by atoms with Crippen molar-refractivity contribution in [1.29, 1.82) is 0 Å². The molecule has 0 saturated carbocycles. The molecule has 1 amide bonds. The number of carbonyl (C=O) groups is 1. The average Bonchev–Trinajstić information content (AvgIpc) is 2.36. The average molecular weight is 404 g/mol. The van der Waals surface area contributed by atoms with Crippen molar-refractivity contribution in [2.45, 2.75) is 6.92 Å². The fraction of sp³-hybridized carbons (Fsp3) is 0.0714. The summed E-state index contributed by atoms with van der Waals surface area (Å²) in [6.07, 6.45) is 0. The van der Waals surface area contributed by atoms with E-state index in [-0.39, 0.29) is 5.91 Å². The fourth-order valence-corrected chi connectivity index (χ4v) is 2.60. The van der Waals surface area contributed by atoms with Gasteiger partial charge in [-0.15, -0.1) is 0 Å². The molecular weight excluding hydrogens is 393 g/mol. The highest BCUT2D eigenvalue weighted by Gasteiger charge is 2.09. The predicted octanol–water partition coefficient (Wildman–Crippen LogP) is 5.43. The molecule has 0 saturated heterocycles. The maximum atomic E-state index is 12.1. The molecule has 5 heteroatoms. The van der Waals surface area contributed by atoms with Crippen LogP contribution in [0.5, 0.6) is 0 Å². The van der Waals surface area contributed by atoms with E-state index in [0.717, 1.165) is 14.5 Å². The van der Waals surface area contributed by atoms with Gasteiger partial charge in [-0.25, -0.2) is 0 Å². The van der Waals surface area contributed by atoms with E-state index < -0.39 is 0 Å². The van der Waals surface area contributed by atoms with Gasteiger partial charge in [0, 0.05) is 19.5 Å². The van der Waals surface area contributed by atoms with Crippen molar-refractivity contribution in [2.75, 3.05) is 5.32 Å². The number of nitrogens with one attached hydrogen (secondary N) is 1. The Labute approximate surface area is 133 Å². The molecule has 0 fully saturated rings. The molecule has 0 aliphatic carbocycles. The van der Waals surface area contributed by atoms with Crippen LogP contribution in [0.15, 0.2) is 45.3 Å². The predicted molar refractivity (Wildman–Crippen MR) is 86.0 cm³/mol. The molecule has 0 radical (unpaired) electrons. The molecule has 19 heavy (non-hydrogen) atoms. The smallest absolute Gasteiger partial charge is 0.255 e. The van der Waals surface area contributed by atoms with Gasteiger partial charge >= 0.3 is 0 Å². The molecule has 0 aliphatic rings. The number of rotatable bonds is 2. The van der Waals surface area contributed by atoms with E-state index >= 15 is 0 Å². The Balaban J connectivity index is 2.23. The number of hydrogen-bond donors (Lipinski definition) is 1. The molecule has 0 bridgehead atoms. The third-order valence-electron chi connectivity index (χ3n) is 2.60. The number of halogens is 3. The Morgan fingerprint density at radius 1 is 1.11 bits per heavy atom. The Kier molecular flexibility index (Phi) is 4.66. The number of aryl methyl sites for hydroxylation is 1. The van der Waals surface area contributed by atoms with Crippen molar-refractivity contribution < 1.29 is 4.79 Å². The van der Waals surface area contributed by atoms with Gasteiger partial charge in [0.1, 0.15) is 0 Å². The lowest BCUT2D eigenvalue weighted by molar-refractivity contribution is 0.102. The second kappa shape index (κ2) is 6.07. The molecule has 1 N–H and O–H groups in total. The molecular formula is C14H10Br2ClNO. The third-order valence-corrected chi connectivity index (χ3v) is 4.38. The zero-order valence-corrected chi connectivity index (χ0v) is 13.9. The minimum absolute atomic E-state index is 0.154. The Morgan fingerprint density at radius 3 is 2.47 bits per heavy atom. The summed E-state index contributed by atoms with van der Waals surface area (Å²) in [6.45, 7) is 1.94. The summed E-state index contributed by atoms with van der Waals surface area (Å²) in [4.78, 5) is 12.1. The van der Waals surface area contributed by atoms with Gasteiger partial charge in [0.05, 0.1) is 5.69 Å². The Morgan fingerprint density at radius 2 is 1.84 bits per heavy atom. The quantitative estimate of drug-likeness (QED) is 0.712. The highest BCUT2D eigenvalue weighted by atomic mass is 79.9. The maximum Gasteiger partial charge on any atom is 0.255 e. The van der Waals surface area contributed by atoms with Crippen LogP contribution < -0.4 is 5.32 Å². The molecule has 0 unspecified atom stereocenters. The van der Waals surface area contributed by atoms with Crippen LogP contribution in [0.4, 0.5) is 5.69 Å². The van der Waals surface area contributed by atoms with Crippen molar-refractivity contribution in [3.63, 3.8) is 0 Å². The van der Waals surface area contributed by atoms with Crippen LogP contribution in [0.25, 0.3) is 0 Å². The second-order valence-electron chi connectivity index (χ2n) is 4.04. The number of hydrogen-bond acceptors (Lipinski definition) is 1. The third kappa shape index (κ3) is 3.59. The van der Waals surface area contributed by atoms with Crippen molar-refractivity contribution in [1.82, 2.24) is 0 Å². The van der Waals surface area contributed by atoms with Crippen molar-refractivity contribution >= 4 is 55.1 Å². The van der Waals surface area contributed by atoms with Gasteiger partial charge in [-0.1, -0.05) is 27.5 Å². The minimum Gasteiger partial charge on any atom is -0.321 e. The Hall–Kier alpha value is -0.840. The first-order valence-electron chi connectivity index (χ1n) is 5.50. The van der Waals surface area contributed by atoms with Crippen LogP contribution in [0.3, 0.4) is 0 Å². The van der Waals surface area contributed by atoms with Crippen LogP contribution in [-0.2, 0) is 0 Å². The molecule has 0 heterocycles. The summed E-state index contributed by atoms with van der Waals surface area (Å²) in [5.41, 5.74) is 2.32. The molecule has 2 aromatic carbocycles. The molecule has 0 aromatic heterocycles. The van der Waals surface area contributed by atoms with Gasteiger partial charge < -0.3 is 5.32 Å². The second-order valence-corrected chi connectivity index (χ2v) is 6.19. The lowest BCUT2D eigenvalue weighted by Crippen LogP contribution is -2.12. The normalized spacial score (nSPS) is 10.3. The highest BCUT2D eigenvalue weighted by molar-refractivity contribution is 9.10. The standard InChI is InChI=1S/C14H10Br2ClNO/c1-8-6-9(2-4-11(8)15)14(19)18-13-5-3-10(17)7-12(13)16/h2-7H,1H3,(H,18,19). The maximum absolute atomic E-state index is 12.1. The van der Waals surface area contributed by atoms with Gasteiger partial charge in [-0.3, -0.25) is 4.79 Å². The van der Waals surface area contributed by atoms with Crippen molar-refractivity contribution in [3.8, 4) is 0 Å². The monoisotopic (exact) mass is 401 g/mol. The number of benzene rings is 2. The summed E-state index contributed by atoms with van der Waals surface area (Å²) >= 11 is 12.6. The van der Waals surface area contributed by atoms with Crippen LogP contribution >= 0.6 is 43.5 Å². The van der Waals surface area contributed by atoms with Gasteiger partial charge in [0.15, 0.2) is 0 Å². The lowest BCUT2D eigenvalue weighted by Gasteiger charge is -2.08. The zero-order valence-electron chi connectivity index (χ0n) is 10.0. The largest absolute Gasteiger partial charge is 0.321 e. The Bertz CT molecular complexity index is 643. The van der Waals surface area contributed by atoms with E-state index in [1.807, 2.05) is 19.1 Å². The summed E-state index contributed by atoms with van der Waals surface area (Å²) in [5.74, 6) is -0.154. The molecule has 2 aromatic rings. The van der Waals surface area contributed by atoms with E-state index in [4.69, 9.17) is 11.6 Å². The highest BCUT2D eigenvalue weighted by Crippen LogP contribution is 2.26. The molecule has 0 spiro atoms. The summed E-state index contributed by atoms with van der Waals surface area (Å²) < 4.78 is 1.74. The van der Waals surface area contributed by atoms with E-state index in [1.165, 1.54) is 0 Å². The van der Waals surface area contributed by atoms with Crippen molar-refractivity contribution in [2.24, 2.45) is 0 Å². The number of carbonyl (C=O) groups excluding carboxylic acids is 1.